The summed E-state index contributed by atoms with van der Waals surface area (Å²) in [6.07, 6.45) is 2.57. The largest absolute Gasteiger partial charge is 0.299 e. The fraction of sp³-hybridized carbons (Fsp3) is 0.400. The maximum absolute atomic E-state index is 2.59. The number of nitrogens with zero attached hydrogens (tertiary/aromatic N) is 1. The molecule has 21 heavy (non-hydrogen) atoms. The van der Waals surface area contributed by atoms with Crippen molar-refractivity contribution in [1.29, 1.82) is 0 Å². The number of hydrogen-bond donors (Lipinski definition) is 0. The Kier molecular flexibility index (Phi) is 4.40. The number of benzene rings is 2. The van der Waals surface area contributed by atoms with Crippen LogP contribution in [0, 0.1) is 13.8 Å². The summed E-state index contributed by atoms with van der Waals surface area (Å²) in [5.41, 5.74) is 5.70. The molecule has 110 valence electrons. The van der Waals surface area contributed by atoms with Gasteiger partial charge >= 0.3 is 0 Å². The summed E-state index contributed by atoms with van der Waals surface area (Å²) in [5.74, 6) is 0.749. The normalized spacial score (nSPS) is 17.0. The lowest BCUT2D eigenvalue weighted by Crippen LogP contribution is -2.32. The van der Waals surface area contributed by atoms with Gasteiger partial charge in [-0.3, -0.25) is 4.90 Å². The first-order valence-corrected chi connectivity index (χ1v) is 8.05. The van der Waals surface area contributed by atoms with Crippen LogP contribution in [0.1, 0.15) is 41.0 Å². The molecule has 1 nitrogen and oxygen atoms in total. The van der Waals surface area contributed by atoms with E-state index >= 15 is 0 Å². The minimum atomic E-state index is 0.749. The third-order valence-corrected chi connectivity index (χ3v) is 4.63. The van der Waals surface area contributed by atoms with Crippen molar-refractivity contribution in [2.75, 3.05) is 13.1 Å². The molecule has 0 bridgehead atoms. The monoisotopic (exact) mass is 279 g/mol. The summed E-state index contributed by atoms with van der Waals surface area (Å²) in [6.45, 7) is 7.87. The van der Waals surface area contributed by atoms with Gasteiger partial charge in [0.05, 0.1) is 0 Å². The Hall–Kier alpha value is -1.60. The molecule has 1 saturated heterocycles. The molecule has 0 amide bonds. The van der Waals surface area contributed by atoms with Gasteiger partial charge in [-0.1, -0.05) is 59.7 Å². The van der Waals surface area contributed by atoms with Crippen LogP contribution in [0.25, 0.3) is 0 Å². The van der Waals surface area contributed by atoms with Crippen molar-refractivity contribution in [3.05, 3.63) is 70.8 Å². The highest BCUT2D eigenvalue weighted by Crippen LogP contribution is 2.29. The van der Waals surface area contributed by atoms with E-state index in [1.807, 2.05) is 0 Å². The highest BCUT2D eigenvalue weighted by atomic mass is 15.1. The van der Waals surface area contributed by atoms with E-state index < -0.39 is 0 Å². The highest BCUT2D eigenvalue weighted by molar-refractivity contribution is 5.26. The van der Waals surface area contributed by atoms with Gasteiger partial charge in [0.1, 0.15) is 0 Å². The first kappa shape index (κ1) is 14.3. The van der Waals surface area contributed by atoms with E-state index in [0.717, 1.165) is 12.5 Å². The fourth-order valence-electron chi connectivity index (χ4n) is 3.30. The number of aryl methyl sites for hydroxylation is 2. The second-order valence-electron chi connectivity index (χ2n) is 6.45. The number of rotatable bonds is 3. The standard InChI is InChI=1S/C20H25N/c1-16-6-8-18(9-7-16)15-21-12-10-19(11-13-21)20-5-3-4-17(2)14-20/h3-9,14,19H,10-13,15H2,1-2H3. The second-order valence-corrected chi connectivity index (χ2v) is 6.45. The van der Waals surface area contributed by atoms with Gasteiger partial charge in [-0.15, -0.1) is 0 Å². The maximum Gasteiger partial charge on any atom is 0.0233 e. The summed E-state index contributed by atoms with van der Waals surface area (Å²) < 4.78 is 0. The molecule has 1 aliphatic rings. The molecule has 0 N–H and O–H groups in total. The van der Waals surface area contributed by atoms with Gasteiger partial charge in [0.25, 0.3) is 0 Å². The fourth-order valence-corrected chi connectivity index (χ4v) is 3.30. The van der Waals surface area contributed by atoms with Gasteiger partial charge in [-0.25, -0.2) is 0 Å². The molecule has 1 heteroatoms. The third-order valence-electron chi connectivity index (χ3n) is 4.63. The van der Waals surface area contributed by atoms with Gasteiger partial charge in [0.15, 0.2) is 0 Å². The van der Waals surface area contributed by atoms with Crippen LogP contribution in [0.3, 0.4) is 0 Å². The molecular formula is C20H25N. The maximum atomic E-state index is 2.59. The Morgan fingerprint density at radius 1 is 0.905 bits per heavy atom. The smallest absolute Gasteiger partial charge is 0.0233 e. The van der Waals surface area contributed by atoms with E-state index in [2.05, 4.69) is 67.3 Å². The Morgan fingerprint density at radius 3 is 2.29 bits per heavy atom. The molecule has 2 aromatic rings. The lowest BCUT2D eigenvalue weighted by atomic mass is 9.88. The van der Waals surface area contributed by atoms with Gasteiger partial charge < -0.3 is 0 Å². The first-order chi connectivity index (χ1) is 10.2. The van der Waals surface area contributed by atoms with Crippen molar-refractivity contribution in [3.63, 3.8) is 0 Å². The SMILES string of the molecule is Cc1ccc(CN2CCC(c3cccc(C)c3)CC2)cc1. The zero-order valence-corrected chi connectivity index (χ0v) is 13.2. The van der Waals surface area contributed by atoms with Crippen molar-refractivity contribution >= 4 is 0 Å². The summed E-state index contributed by atoms with van der Waals surface area (Å²) >= 11 is 0. The van der Waals surface area contributed by atoms with E-state index in [-0.39, 0.29) is 0 Å². The lowest BCUT2D eigenvalue weighted by Gasteiger charge is -2.32. The van der Waals surface area contributed by atoms with E-state index in [4.69, 9.17) is 0 Å². The van der Waals surface area contributed by atoms with Crippen LogP contribution in [0.2, 0.25) is 0 Å². The van der Waals surface area contributed by atoms with E-state index in [9.17, 15) is 0 Å². The summed E-state index contributed by atoms with van der Waals surface area (Å²) in [7, 11) is 0. The molecule has 1 heterocycles. The molecule has 0 aromatic heterocycles. The van der Waals surface area contributed by atoms with Crippen molar-refractivity contribution < 1.29 is 0 Å². The lowest BCUT2D eigenvalue weighted by molar-refractivity contribution is 0.204. The van der Waals surface area contributed by atoms with Crippen LogP contribution >= 0.6 is 0 Å². The zero-order valence-electron chi connectivity index (χ0n) is 13.2. The van der Waals surface area contributed by atoms with E-state index in [0.29, 0.717) is 0 Å². The summed E-state index contributed by atoms with van der Waals surface area (Å²) in [4.78, 5) is 2.59. The zero-order chi connectivity index (χ0) is 14.7. The molecule has 0 aliphatic carbocycles. The molecule has 1 aliphatic heterocycles. The number of piperidine rings is 1. The summed E-state index contributed by atoms with van der Waals surface area (Å²) in [6, 6.07) is 18.0. The first-order valence-electron chi connectivity index (χ1n) is 8.05. The molecule has 0 radical (unpaired) electrons. The van der Waals surface area contributed by atoms with Crippen molar-refractivity contribution in [2.24, 2.45) is 0 Å². The molecule has 2 aromatic carbocycles. The average Bonchev–Trinajstić information content (AvgIpc) is 2.50. The Bertz CT molecular complexity index is 577. The molecule has 3 rings (SSSR count). The molecule has 0 atom stereocenters. The predicted molar refractivity (Wildman–Crippen MR) is 89.6 cm³/mol. The van der Waals surface area contributed by atoms with Crippen molar-refractivity contribution in [2.45, 2.75) is 39.2 Å². The molecule has 0 unspecified atom stereocenters. The van der Waals surface area contributed by atoms with Crippen molar-refractivity contribution in [1.82, 2.24) is 4.90 Å². The van der Waals surface area contributed by atoms with Gasteiger partial charge in [-0.2, -0.15) is 0 Å². The van der Waals surface area contributed by atoms with E-state index in [1.165, 1.54) is 48.2 Å². The third kappa shape index (κ3) is 3.74. The van der Waals surface area contributed by atoms with Crippen LogP contribution in [-0.4, -0.2) is 18.0 Å². The van der Waals surface area contributed by atoms with Crippen LogP contribution in [-0.2, 0) is 6.54 Å². The Labute approximate surface area is 128 Å². The number of likely N-dealkylation sites (tertiary alicyclic amines) is 1. The minimum Gasteiger partial charge on any atom is -0.299 e. The van der Waals surface area contributed by atoms with Gasteiger partial charge in [0.2, 0.25) is 0 Å². The minimum absolute atomic E-state index is 0.749. The Balaban J connectivity index is 1.56. The average molecular weight is 279 g/mol. The Morgan fingerprint density at radius 2 is 1.62 bits per heavy atom. The molecular weight excluding hydrogens is 254 g/mol. The van der Waals surface area contributed by atoms with Crippen LogP contribution in [0.5, 0.6) is 0 Å². The van der Waals surface area contributed by atoms with Crippen LogP contribution in [0.15, 0.2) is 48.5 Å². The summed E-state index contributed by atoms with van der Waals surface area (Å²) in [5, 5.41) is 0. The highest BCUT2D eigenvalue weighted by Gasteiger charge is 2.20. The second kappa shape index (κ2) is 6.44. The van der Waals surface area contributed by atoms with E-state index in [1.54, 1.807) is 0 Å². The van der Waals surface area contributed by atoms with Gasteiger partial charge in [0, 0.05) is 6.54 Å². The topological polar surface area (TPSA) is 3.24 Å². The quantitative estimate of drug-likeness (QED) is 0.788. The molecule has 1 fully saturated rings. The van der Waals surface area contributed by atoms with Gasteiger partial charge in [-0.05, 0) is 56.8 Å². The number of hydrogen-bond acceptors (Lipinski definition) is 1. The van der Waals surface area contributed by atoms with Crippen LogP contribution < -0.4 is 0 Å². The van der Waals surface area contributed by atoms with Crippen LogP contribution in [0.4, 0.5) is 0 Å². The predicted octanol–water partition coefficient (Wildman–Crippen LogP) is 4.68. The molecule has 0 saturated carbocycles. The molecule has 0 spiro atoms. The van der Waals surface area contributed by atoms with Crippen molar-refractivity contribution in [3.8, 4) is 0 Å².